The van der Waals surface area contributed by atoms with Crippen molar-refractivity contribution in [1.82, 2.24) is 9.78 Å². The van der Waals surface area contributed by atoms with Crippen molar-refractivity contribution in [3.63, 3.8) is 0 Å². The van der Waals surface area contributed by atoms with Crippen molar-refractivity contribution < 1.29 is 15.0 Å². The first-order valence-corrected chi connectivity index (χ1v) is 7.93. The average Bonchev–Trinajstić information content (AvgIpc) is 2.58. The second-order valence-corrected chi connectivity index (χ2v) is 6.02. The van der Waals surface area contributed by atoms with Gasteiger partial charge in [-0.15, -0.1) is 0 Å². The van der Waals surface area contributed by atoms with E-state index in [0.717, 1.165) is 15.2 Å². The van der Waals surface area contributed by atoms with Crippen LogP contribution in [0.15, 0.2) is 63.9 Å². The number of nitrogens with one attached hydrogen (secondary N) is 1. The Morgan fingerprint density at radius 1 is 1.04 bits per heavy atom. The maximum Gasteiger partial charge on any atom is 0.279 e. The number of aromatic hydroxyl groups is 2. The Bertz CT molecular complexity index is 982. The number of rotatable bonds is 3. The van der Waals surface area contributed by atoms with Gasteiger partial charge in [-0.3, -0.25) is 9.59 Å². The van der Waals surface area contributed by atoms with Gasteiger partial charge in [-0.1, -0.05) is 15.9 Å². The highest BCUT2D eigenvalue weighted by atomic mass is 79.9. The summed E-state index contributed by atoms with van der Waals surface area (Å²) in [7, 11) is 0. The third-order valence-electron chi connectivity index (χ3n) is 3.32. The Morgan fingerprint density at radius 3 is 2.32 bits per heavy atom. The number of halogens is 1. The minimum atomic E-state index is -0.686. The zero-order valence-electron chi connectivity index (χ0n) is 12.7. The fraction of sp³-hybridized carbons (Fsp3) is 0. The van der Waals surface area contributed by atoms with Gasteiger partial charge in [0.15, 0.2) is 11.4 Å². The molecule has 0 saturated heterocycles. The number of hydrogen-bond acceptors (Lipinski definition) is 5. The molecule has 126 valence electrons. The van der Waals surface area contributed by atoms with E-state index in [-0.39, 0.29) is 11.4 Å². The molecule has 0 aliphatic carbocycles. The number of phenolic OH excluding ortho intramolecular Hbond substituents is 1. The molecular weight excluding hydrogens is 390 g/mol. The van der Waals surface area contributed by atoms with Crippen LogP contribution in [0.5, 0.6) is 11.5 Å². The number of amides is 1. The average molecular weight is 402 g/mol. The number of anilines is 1. The molecule has 0 spiro atoms. The zero-order chi connectivity index (χ0) is 18.0. The highest BCUT2D eigenvalue weighted by Gasteiger charge is 2.17. The molecule has 7 nitrogen and oxygen atoms in total. The molecule has 2 aromatic carbocycles. The number of hydrogen-bond donors (Lipinski definition) is 3. The summed E-state index contributed by atoms with van der Waals surface area (Å²) < 4.78 is 1.85. The fourth-order valence-corrected chi connectivity index (χ4v) is 2.38. The lowest BCUT2D eigenvalue weighted by Gasteiger charge is -2.09. The minimum Gasteiger partial charge on any atom is -0.508 e. The molecule has 3 N–H and O–H groups in total. The van der Waals surface area contributed by atoms with Crippen LogP contribution >= 0.6 is 15.9 Å². The van der Waals surface area contributed by atoms with E-state index in [0.29, 0.717) is 11.4 Å². The third kappa shape index (κ3) is 3.69. The van der Waals surface area contributed by atoms with Crippen LogP contribution in [0.3, 0.4) is 0 Å². The molecule has 3 aromatic rings. The number of carbonyl (C=O) groups is 1. The second kappa shape index (κ2) is 6.78. The zero-order valence-corrected chi connectivity index (χ0v) is 14.3. The first kappa shape index (κ1) is 16.7. The van der Waals surface area contributed by atoms with E-state index >= 15 is 0 Å². The van der Waals surface area contributed by atoms with E-state index in [9.17, 15) is 19.8 Å². The van der Waals surface area contributed by atoms with E-state index in [4.69, 9.17) is 0 Å². The fourth-order valence-electron chi connectivity index (χ4n) is 2.11. The van der Waals surface area contributed by atoms with Crippen LogP contribution in [0.4, 0.5) is 5.69 Å². The second-order valence-electron chi connectivity index (χ2n) is 5.11. The van der Waals surface area contributed by atoms with Crippen LogP contribution in [0, 0.1) is 0 Å². The van der Waals surface area contributed by atoms with Crippen LogP contribution in [-0.2, 0) is 0 Å². The van der Waals surface area contributed by atoms with Gasteiger partial charge < -0.3 is 15.5 Å². The van der Waals surface area contributed by atoms with Gasteiger partial charge in [-0.25, -0.2) is 0 Å². The van der Waals surface area contributed by atoms with Gasteiger partial charge in [0.1, 0.15) is 5.75 Å². The molecule has 0 bridgehead atoms. The van der Waals surface area contributed by atoms with Gasteiger partial charge in [0.2, 0.25) is 0 Å². The van der Waals surface area contributed by atoms with E-state index < -0.39 is 17.2 Å². The smallest absolute Gasteiger partial charge is 0.279 e. The van der Waals surface area contributed by atoms with E-state index in [1.165, 1.54) is 24.3 Å². The van der Waals surface area contributed by atoms with Crippen LogP contribution in [0.25, 0.3) is 5.69 Å². The molecule has 0 aliphatic rings. The largest absolute Gasteiger partial charge is 0.508 e. The normalized spacial score (nSPS) is 10.4. The third-order valence-corrected chi connectivity index (χ3v) is 3.85. The summed E-state index contributed by atoms with van der Waals surface area (Å²) in [5.41, 5.74) is -0.00567. The maximum atomic E-state index is 12.3. The molecule has 1 heterocycles. The lowest BCUT2D eigenvalue weighted by atomic mass is 10.2. The molecule has 0 aliphatic heterocycles. The number of aromatic nitrogens is 2. The molecule has 1 amide bonds. The van der Waals surface area contributed by atoms with Crippen LogP contribution < -0.4 is 10.9 Å². The molecule has 0 unspecified atom stereocenters. The van der Waals surface area contributed by atoms with Crippen LogP contribution in [0.2, 0.25) is 0 Å². The van der Waals surface area contributed by atoms with Gasteiger partial charge in [0.25, 0.3) is 11.5 Å². The molecule has 0 saturated carbocycles. The Labute approximate surface area is 150 Å². The summed E-state index contributed by atoms with van der Waals surface area (Å²) in [6.45, 7) is 0. The van der Waals surface area contributed by atoms with E-state index in [1.807, 2.05) is 0 Å². The lowest BCUT2D eigenvalue weighted by molar-refractivity contribution is 0.101. The van der Waals surface area contributed by atoms with Crippen molar-refractivity contribution in [2.75, 3.05) is 5.32 Å². The Morgan fingerprint density at radius 2 is 1.68 bits per heavy atom. The molecule has 1 aromatic heterocycles. The molecule has 0 atom stereocenters. The number of phenols is 1. The summed E-state index contributed by atoms with van der Waals surface area (Å²) in [4.78, 5) is 24.4. The summed E-state index contributed by atoms with van der Waals surface area (Å²) in [5, 5.41) is 25.7. The summed E-state index contributed by atoms with van der Waals surface area (Å²) in [6.07, 6.45) is 0. The van der Waals surface area contributed by atoms with Gasteiger partial charge in [0.05, 0.1) is 5.69 Å². The van der Waals surface area contributed by atoms with Gasteiger partial charge in [0, 0.05) is 16.2 Å². The summed E-state index contributed by atoms with van der Waals surface area (Å²) >= 11 is 3.30. The quantitative estimate of drug-likeness (QED) is 0.585. The Balaban J connectivity index is 1.97. The topological polar surface area (TPSA) is 104 Å². The van der Waals surface area contributed by atoms with Crippen molar-refractivity contribution in [3.8, 4) is 17.2 Å². The molecule has 3 rings (SSSR count). The van der Waals surface area contributed by atoms with Crippen molar-refractivity contribution >= 4 is 27.5 Å². The van der Waals surface area contributed by atoms with E-state index in [1.54, 1.807) is 24.3 Å². The molecule has 0 fully saturated rings. The molecule has 25 heavy (non-hydrogen) atoms. The predicted molar refractivity (Wildman–Crippen MR) is 95.3 cm³/mol. The van der Waals surface area contributed by atoms with Gasteiger partial charge in [-0.05, 0) is 48.5 Å². The summed E-state index contributed by atoms with van der Waals surface area (Å²) in [6, 6.07) is 13.5. The van der Waals surface area contributed by atoms with Crippen molar-refractivity contribution in [1.29, 1.82) is 0 Å². The standard InChI is InChI=1S/C17H12BrN3O4/c18-10-1-5-12(6-2-10)21-15(24)9-14(23)16(20-21)17(25)19-11-3-7-13(22)8-4-11/h1-9,22-23H,(H,19,25). The SMILES string of the molecule is O=C(Nc1ccc(O)cc1)c1nn(-c2ccc(Br)cc2)c(=O)cc1O. The van der Waals surface area contributed by atoms with Crippen LogP contribution in [0.1, 0.15) is 10.5 Å². The Kier molecular flexibility index (Phi) is 4.53. The van der Waals surface area contributed by atoms with Gasteiger partial charge in [-0.2, -0.15) is 9.78 Å². The highest BCUT2D eigenvalue weighted by molar-refractivity contribution is 9.10. The molecule has 0 radical (unpaired) electrons. The predicted octanol–water partition coefficient (Wildman–Crippen LogP) is 2.66. The number of carbonyl (C=O) groups excluding carboxylic acids is 1. The first-order valence-electron chi connectivity index (χ1n) is 7.14. The van der Waals surface area contributed by atoms with Crippen molar-refractivity contribution in [2.24, 2.45) is 0 Å². The van der Waals surface area contributed by atoms with Crippen molar-refractivity contribution in [2.45, 2.75) is 0 Å². The molecular formula is C17H12BrN3O4. The van der Waals surface area contributed by atoms with Crippen LogP contribution in [-0.4, -0.2) is 25.9 Å². The molecule has 8 heteroatoms. The monoisotopic (exact) mass is 401 g/mol. The number of benzene rings is 2. The number of nitrogens with zero attached hydrogens (tertiary/aromatic N) is 2. The van der Waals surface area contributed by atoms with Crippen molar-refractivity contribution in [3.05, 3.63) is 75.1 Å². The first-order chi connectivity index (χ1) is 11.9. The highest BCUT2D eigenvalue weighted by Crippen LogP contribution is 2.18. The summed E-state index contributed by atoms with van der Waals surface area (Å²) in [5.74, 6) is -1.15. The van der Waals surface area contributed by atoms with E-state index in [2.05, 4.69) is 26.3 Å². The minimum absolute atomic E-state index is 0.0581. The Hall–Kier alpha value is -3.13. The lowest BCUT2D eigenvalue weighted by Crippen LogP contribution is -2.25. The van der Waals surface area contributed by atoms with Gasteiger partial charge >= 0.3 is 0 Å². The maximum absolute atomic E-state index is 12.3.